The smallest absolute Gasteiger partial charge is 0.340 e. The topological polar surface area (TPSA) is 89.9 Å². The first-order valence-electron chi connectivity index (χ1n) is 7.16. The third kappa shape index (κ3) is 1.78. The molecular formula is C15H18O6. The van der Waals surface area contributed by atoms with Crippen LogP contribution in [0.2, 0.25) is 0 Å². The number of cyclic esters (lactones) is 2. The SMILES string of the molecule is CC1=C(C2OC(=O)C3CCCC(C=O)C32C)C(=O)OC1O. The highest BCUT2D eigenvalue weighted by Gasteiger charge is 2.62. The van der Waals surface area contributed by atoms with E-state index in [9.17, 15) is 19.5 Å². The summed E-state index contributed by atoms with van der Waals surface area (Å²) in [5.74, 6) is -1.78. The number of hydrogen-bond donors (Lipinski definition) is 1. The summed E-state index contributed by atoms with van der Waals surface area (Å²) in [4.78, 5) is 35.6. The second kappa shape index (κ2) is 4.66. The van der Waals surface area contributed by atoms with Crippen LogP contribution in [0.4, 0.5) is 0 Å². The lowest BCUT2D eigenvalue weighted by molar-refractivity contribution is -0.153. The van der Waals surface area contributed by atoms with Crippen molar-refractivity contribution < 1.29 is 29.0 Å². The van der Waals surface area contributed by atoms with Gasteiger partial charge in [0.1, 0.15) is 12.4 Å². The van der Waals surface area contributed by atoms with Gasteiger partial charge in [-0.05, 0) is 19.8 Å². The zero-order valence-electron chi connectivity index (χ0n) is 12.0. The van der Waals surface area contributed by atoms with E-state index in [0.717, 1.165) is 12.7 Å². The Bertz CT molecular complexity index is 550. The average Bonchev–Trinajstić information content (AvgIpc) is 2.84. The maximum Gasteiger partial charge on any atom is 0.340 e. The van der Waals surface area contributed by atoms with Crippen molar-refractivity contribution in [2.24, 2.45) is 17.3 Å². The van der Waals surface area contributed by atoms with Gasteiger partial charge >= 0.3 is 11.9 Å². The Morgan fingerprint density at radius 1 is 1.29 bits per heavy atom. The maximum atomic E-state index is 12.2. The predicted molar refractivity (Wildman–Crippen MR) is 69.7 cm³/mol. The summed E-state index contributed by atoms with van der Waals surface area (Å²) in [7, 11) is 0. The molecule has 5 unspecified atom stereocenters. The van der Waals surface area contributed by atoms with Gasteiger partial charge in [0.15, 0.2) is 0 Å². The third-order valence-corrected chi connectivity index (χ3v) is 5.30. The summed E-state index contributed by atoms with van der Waals surface area (Å²) in [6.07, 6.45) is 0.847. The molecule has 21 heavy (non-hydrogen) atoms. The Morgan fingerprint density at radius 3 is 2.57 bits per heavy atom. The van der Waals surface area contributed by atoms with Crippen molar-refractivity contribution >= 4 is 18.2 Å². The molecule has 6 heteroatoms. The number of rotatable bonds is 2. The maximum absolute atomic E-state index is 12.2. The number of hydrogen-bond acceptors (Lipinski definition) is 6. The van der Waals surface area contributed by atoms with Gasteiger partial charge in [0.25, 0.3) is 0 Å². The Balaban J connectivity index is 2.08. The molecule has 0 amide bonds. The second-order valence-corrected chi connectivity index (χ2v) is 6.26. The molecule has 0 spiro atoms. The number of esters is 2. The van der Waals surface area contributed by atoms with Gasteiger partial charge in [-0.2, -0.15) is 0 Å². The Hall–Kier alpha value is -1.69. The van der Waals surface area contributed by atoms with Crippen molar-refractivity contribution in [2.45, 2.75) is 45.5 Å². The van der Waals surface area contributed by atoms with Crippen LogP contribution in [-0.2, 0) is 23.9 Å². The molecule has 0 aromatic heterocycles. The summed E-state index contributed by atoms with van der Waals surface area (Å²) < 4.78 is 10.2. The first-order valence-corrected chi connectivity index (χ1v) is 7.16. The number of aliphatic hydroxyl groups is 1. The fourth-order valence-electron chi connectivity index (χ4n) is 3.94. The van der Waals surface area contributed by atoms with Crippen molar-refractivity contribution in [2.75, 3.05) is 0 Å². The molecular weight excluding hydrogens is 276 g/mol. The van der Waals surface area contributed by atoms with Crippen LogP contribution in [0.1, 0.15) is 33.1 Å². The normalized spacial score (nSPS) is 42.6. The molecule has 1 saturated heterocycles. The minimum Gasteiger partial charge on any atom is -0.456 e. The number of carbonyl (C=O) groups is 3. The van der Waals surface area contributed by atoms with E-state index in [2.05, 4.69) is 0 Å². The highest BCUT2D eigenvalue weighted by atomic mass is 16.6. The molecule has 114 valence electrons. The monoisotopic (exact) mass is 294 g/mol. The molecule has 0 aromatic carbocycles. The Labute approximate surface area is 122 Å². The van der Waals surface area contributed by atoms with Crippen LogP contribution in [0, 0.1) is 17.3 Å². The number of aliphatic hydroxyl groups excluding tert-OH is 1. The van der Waals surface area contributed by atoms with Crippen molar-refractivity contribution in [3.05, 3.63) is 11.1 Å². The summed E-state index contributed by atoms with van der Waals surface area (Å²) in [6, 6.07) is 0. The van der Waals surface area contributed by atoms with Crippen LogP contribution in [-0.4, -0.2) is 35.7 Å². The van der Waals surface area contributed by atoms with Gasteiger partial charge < -0.3 is 19.4 Å². The van der Waals surface area contributed by atoms with Gasteiger partial charge in [-0.25, -0.2) is 4.79 Å². The lowest BCUT2D eigenvalue weighted by Gasteiger charge is -2.41. The largest absolute Gasteiger partial charge is 0.456 e. The van der Waals surface area contributed by atoms with Crippen LogP contribution in [0.25, 0.3) is 0 Å². The molecule has 0 aromatic rings. The van der Waals surface area contributed by atoms with Crippen LogP contribution < -0.4 is 0 Å². The van der Waals surface area contributed by atoms with Crippen molar-refractivity contribution in [3.8, 4) is 0 Å². The van der Waals surface area contributed by atoms with Crippen molar-refractivity contribution in [3.63, 3.8) is 0 Å². The molecule has 1 saturated carbocycles. The molecule has 3 aliphatic rings. The van der Waals surface area contributed by atoms with Gasteiger partial charge in [-0.3, -0.25) is 4.79 Å². The average molecular weight is 294 g/mol. The molecule has 2 aliphatic heterocycles. The summed E-state index contributed by atoms with van der Waals surface area (Å²) >= 11 is 0. The third-order valence-electron chi connectivity index (χ3n) is 5.30. The zero-order chi connectivity index (χ0) is 15.4. The lowest BCUT2D eigenvalue weighted by Crippen LogP contribution is -2.46. The lowest BCUT2D eigenvalue weighted by atomic mass is 9.59. The van der Waals surface area contributed by atoms with Crippen LogP contribution in [0.3, 0.4) is 0 Å². The molecule has 1 N–H and O–H groups in total. The fourth-order valence-corrected chi connectivity index (χ4v) is 3.94. The van der Waals surface area contributed by atoms with Gasteiger partial charge in [0.05, 0.1) is 11.5 Å². The van der Waals surface area contributed by atoms with Crippen LogP contribution in [0.15, 0.2) is 11.1 Å². The van der Waals surface area contributed by atoms with E-state index >= 15 is 0 Å². The molecule has 2 heterocycles. The number of fused-ring (bicyclic) bond motifs is 1. The van der Waals surface area contributed by atoms with E-state index in [1.54, 1.807) is 6.92 Å². The number of ether oxygens (including phenoxy) is 2. The van der Waals surface area contributed by atoms with Crippen LogP contribution in [0.5, 0.6) is 0 Å². The standard InChI is InChI=1S/C15H18O6/c1-7-10(14(19)21-12(7)17)11-15(2)8(6-16)4-3-5-9(15)13(18)20-11/h6,8-9,11-12,17H,3-5H2,1-2H3. The molecule has 1 aliphatic carbocycles. The van der Waals surface area contributed by atoms with Gasteiger partial charge in [0.2, 0.25) is 6.29 Å². The van der Waals surface area contributed by atoms with Crippen molar-refractivity contribution in [1.82, 2.24) is 0 Å². The van der Waals surface area contributed by atoms with Crippen molar-refractivity contribution in [1.29, 1.82) is 0 Å². The first kappa shape index (κ1) is 14.3. The summed E-state index contributed by atoms with van der Waals surface area (Å²) in [5, 5.41) is 9.66. The molecule has 2 fully saturated rings. The van der Waals surface area contributed by atoms with E-state index in [1.807, 2.05) is 6.92 Å². The molecule has 3 rings (SSSR count). The molecule has 5 atom stereocenters. The minimum absolute atomic E-state index is 0.189. The van der Waals surface area contributed by atoms with E-state index in [-0.39, 0.29) is 17.5 Å². The quantitative estimate of drug-likeness (QED) is 0.596. The van der Waals surface area contributed by atoms with Gasteiger partial charge in [-0.15, -0.1) is 0 Å². The van der Waals surface area contributed by atoms with E-state index in [4.69, 9.17) is 9.47 Å². The molecule has 0 bridgehead atoms. The Morgan fingerprint density at radius 2 is 2.00 bits per heavy atom. The Kier molecular flexibility index (Phi) is 3.16. The van der Waals surface area contributed by atoms with E-state index < -0.39 is 29.7 Å². The van der Waals surface area contributed by atoms with Crippen LogP contribution >= 0.6 is 0 Å². The van der Waals surface area contributed by atoms with E-state index in [0.29, 0.717) is 18.4 Å². The van der Waals surface area contributed by atoms with E-state index in [1.165, 1.54) is 0 Å². The summed E-state index contributed by atoms with van der Waals surface area (Å²) in [6.45, 7) is 3.40. The molecule has 6 nitrogen and oxygen atoms in total. The predicted octanol–water partition coefficient (Wildman–Crippen LogP) is 0.725. The zero-order valence-corrected chi connectivity index (χ0v) is 12.0. The highest BCUT2D eigenvalue weighted by Crippen LogP contribution is 2.55. The first-order chi connectivity index (χ1) is 9.91. The van der Waals surface area contributed by atoms with Gasteiger partial charge in [0, 0.05) is 16.9 Å². The second-order valence-electron chi connectivity index (χ2n) is 6.26. The highest BCUT2D eigenvalue weighted by molar-refractivity contribution is 5.95. The minimum atomic E-state index is -1.30. The number of aldehydes is 1. The van der Waals surface area contributed by atoms with Gasteiger partial charge in [-0.1, -0.05) is 13.3 Å². The molecule has 0 radical (unpaired) electrons. The fraction of sp³-hybridized carbons (Fsp3) is 0.667. The summed E-state index contributed by atoms with van der Waals surface area (Å²) in [5.41, 5.74) is -0.207. The number of carbonyl (C=O) groups excluding carboxylic acids is 3.